The molecule has 1 atom stereocenters. The minimum atomic E-state index is -0.523. The summed E-state index contributed by atoms with van der Waals surface area (Å²) in [5, 5.41) is 14.2. The number of hydrogen-bond acceptors (Lipinski definition) is 7. The number of ether oxygens (including phenoxy) is 2. The van der Waals surface area contributed by atoms with Crippen LogP contribution in [0, 0.1) is 0 Å². The zero-order valence-electron chi connectivity index (χ0n) is 14.6. The SMILES string of the molecule is COc1ccc(-c2noc(CSCC(O)c3ccccc3)n2)c(OC)c1. The third kappa shape index (κ3) is 4.36. The van der Waals surface area contributed by atoms with Crippen LogP contribution < -0.4 is 9.47 Å². The van der Waals surface area contributed by atoms with Crippen LogP contribution in [0.3, 0.4) is 0 Å². The van der Waals surface area contributed by atoms with Crippen molar-refractivity contribution in [2.75, 3.05) is 20.0 Å². The third-order valence-electron chi connectivity index (χ3n) is 3.80. The minimum absolute atomic E-state index is 0.462. The molecule has 3 rings (SSSR count). The average Bonchev–Trinajstić information content (AvgIpc) is 3.16. The Hall–Kier alpha value is -2.51. The second kappa shape index (κ2) is 8.73. The first kappa shape index (κ1) is 18.3. The van der Waals surface area contributed by atoms with Gasteiger partial charge >= 0.3 is 0 Å². The van der Waals surface area contributed by atoms with Crippen LogP contribution in [0.5, 0.6) is 11.5 Å². The fourth-order valence-corrected chi connectivity index (χ4v) is 3.26. The molecule has 1 aromatic heterocycles. The van der Waals surface area contributed by atoms with Crippen molar-refractivity contribution >= 4 is 11.8 Å². The number of benzene rings is 2. The number of aliphatic hydroxyl groups is 1. The number of rotatable bonds is 8. The largest absolute Gasteiger partial charge is 0.497 e. The highest BCUT2D eigenvalue weighted by Crippen LogP contribution is 2.32. The van der Waals surface area contributed by atoms with E-state index in [4.69, 9.17) is 14.0 Å². The summed E-state index contributed by atoms with van der Waals surface area (Å²) in [6.45, 7) is 0. The lowest BCUT2D eigenvalue weighted by Gasteiger charge is -2.09. The number of thioether (sulfide) groups is 1. The van der Waals surface area contributed by atoms with Gasteiger partial charge in [0.2, 0.25) is 11.7 Å². The van der Waals surface area contributed by atoms with Gasteiger partial charge in [0.15, 0.2) is 0 Å². The van der Waals surface area contributed by atoms with Crippen LogP contribution in [-0.2, 0) is 5.75 Å². The zero-order chi connectivity index (χ0) is 18.4. The average molecular weight is 372 g/mol. The molecule has 6 nitrogen and oxygen atoms in total. The molecule has 0 bridgehead atoms. The minimum Gasteiger partial charge on any atom is -0.497 e. The van der Waals surface area contributed by atoms with Gasteiger partial charge < -0.3 is 19.1 Å². The number of hydrogen-bond donors (Lipinski definition) is 1. The summed E-state index contributed by atoms with van der Waals surface area (Å²) in [6, 6.07) is 15.0. The Labute approximate surface area is 156 Å². The summed E-state index contributed by atoms with van der Waals surface area (Å²) in [5.41, 5.74) is 1.63. The van der Waals surface area contributed by atoms with Crippen LogP contribution in [0.15, 0.2) is 53.1 Å². The first-order valence-corrected chi connectivity index (χ1v) is 9.22. The standard InChI is InChI=1S/C19H20N2O4S/c1-23-14-8-9-15(17(10-14)24-2)19-20-18(25-21-19)12-26-11-16(22)13-6-4-3-5-7-13/h3-10,16,22H,11-12H2,1-2H3. The zero-order valence-corrected chi connectivity index (χ0v) is 15.4. The first-order valence-electron chi connectivity index (χ1n) is 8.07. The van der Waals surface area contributed by atoms with Crippen LogP contribution in [0.25, 0.3) is 11.4 Å². The van der Waals surface area contributed by atoms with E-state index in [1.165, 1.54) is 11.8 Å². The van der Waals surface area contributed by atoms with E-state index < -0.39 is 6.10 Å². The quantitative estimate of drug-likeness (QED) is 0.646. The molecule has 0 spiro atoms. The molecular weight excluding hydrogens is 352 g/mol. The predicted molar refractivity (Wildman–Crippen MR) is 100 cm³/mol. The van der Waals surface area contributed by atoms with Gasteiger partial charge in [0.1, 0.15) is 11.5 Å². The van der Waals surface area contributed by atoms with Crippen molar-refractivity contribution in [1.29, 1.82) is 0 Å². The molecule has 1 unspecified atom stereocenters. The molecule has 3 aromatic rings. The summed E-state index contributed by atoms with van der Waals surface area (Å²) < 4.78 is 15.9. The Morgan fingerprint density at radius 2 is 1.92 bits per heavy atom. The van der Waals surface area contributed by atoms with Gasteiger partial charge in [-0.3, -0.25) is 0 Å². The molecule has 1 heterocycles. The van der Waals surface area contributed by atoms with Crippen molar-refractivity contribution in [2.24, 2.45) is 0 Å². The van der Waals surface area contributed by atoms with Crippen molar-refractivity contribution in [2.45, 2.75) is 11.9 Å². The molecule has 0 radical (unpaired) electrons. The highest BCUT2D eigenvalue weighted by atomic mass is 32.2. The summed E-state index contributed by atoms with van der Waals surface area (Å²) in [6.07, 6.45) is -0.523. The lowest BCUT2D eigenvalue weighted by Crippen LogP contribution is -2.00. The van der Waals surface area contributed by atoms with E-state index in [-0.39, 0.29) is 0 Å². The topological polar surface area (TPSA) is 77.6 Å². The van der Waals surface area contributed by atoms with Crippen LogP contribution >= 0.6 is 11.8 Å². The van der Waals surface area contributed by atoms with Gasteiger partial charge in [-0.2, -0.15) is 4.98 Å². The summed E-state index contributed by atoms with van der Waals surface area (Å²) in [5.74, 6) is 3.35. The van der Waals surface area contributed by atoms with E-state index in [0.29, 0.717) is 34.7 Å². The maximum absolute atomic E-state index is 10.2. The van der Waals surface area contributed by atoms with Crippen molar-refractivity contribution in [3.8, 4) is 22.9 Å². The number of aliphatic hydroxyl groups excluding tert-OH is 1. The molecular formula is C19H20N2O4S. The Balaban J connectivity index is 1.62. The Morgan fingerprint density at radius 3 is 2.65 bits per heavy atom. The van der Waals surface area contributed by atoms with Gasteiger partial charge in [-0.05, 0) is 17.7 Å². The molecule has 7 heteroatoms. The van der Waals surface area contributed by atoms with Gasteiger partial charge in [-0.15, -0.1) is 11.8 Å². The monoisotopic (exact) mass is 372 g/mol. The van der Waals surface area contributed by atoms with E-state index in [2.05, 4.69) is 10.1 Å². The normalized spacial score (nSPS) is 12.0. The summed E-state index contributed by atoms with van der Waals surface area (Å²) in [7, 11) is 3.18. The number of nitrogens with zero attached hydrogens (tertiary/aromatic N) is 2. The van der Waals surface area contributed by atoms with Crippen LogP contribution in [-0.4, -0.2) is 35.2 Å². The number of aromatic nitrogens is 2. The molecule has 2 aromatic carbocycles. The second-order valence-electron chi connectivity index (χ2n) is 5.52. The predicted octanol–water partition coefficient (Wildman–Crippen LogP) is 3.72. The highest BCUT2D eigenvalue weighted by Gasteiger charge is 2.15. The van der Waals surface area contributed by atoms with Crippen LogP contribution in [0.2, 0.25) is 0 Å². The summed E-state index contributed by atoms with van der Waals surface area (Å²) >= 11 is 1.54. The van der Waals surface area contributed by atoms with Gasteiger partial charge in [0.05, 0.1) is 31.6 Å². The molecule has 136 valence electrons. The molecule has 1 N–H and O–H groups in total. The smallest absolute Gasteiger partial charge is 0.236 e. The fourth-order valence-electron chi connectivity index (χ4n) is 2.44. The van der Waals surface area contributed by atoms with E-state index in [1.807, 2.05) is 42.5 Å². The van der Waals surface area contributed by atoms with Crippen LogP contribution in [0.4, 0.5) is 0 Å². The van der Waals surface area contributed by atoms with E-state index >= 15 is 0 Å². The lowest BCUT2D eigenvalue weighted by atomic mass is 10.1. The van der Waals surface area contributed by atoms with E-state index in [0.717, 1.165) is 11.1 Å². The van der Waals surface area contributed by atoms with Gasteiger partial charge in [0, 0.05) is 11.8 Å². The van der Waals surface area contributed by atoms with Crippen molar-refractivity contribution in [3.63, 3.8) is 0 Å². The fraction of sp³-hybridized carbons (Fsp3) is 0.263. The van der Waals surface area contributed by atoms with Crippen molar-refractivity contribution < 1.29 is 19.1 Å². The maximum atomic E-state index is 10.2. The maximum Gasteiger partial charge on any atom is 0.236 e. The first-order chi connectivity index (χ1) is 12.7. The van der Waals surface area contributed by atoms with Gasteiger partial charge in [-0.1, -0.05) is 35.5 Å². The van der Waals surface area contributed by atoms with Crippen LogP contribution in [0.1, 0.15) is 17.6 Å². The van der Waals surface area contributed by atoms with Gasteiger partial charge in [0.25, 0.3) is 0 Å². The van der Waals surface area contributed by atoms with Gasteiger partial charge in [-0.25, -0.2) is 0 Å². The molecule has 0 aliphatic carbocycles. The molecule has 0 aliphatic rings. The third-order valence-corrected chi connectivity index (χ3v) is 4.81. The molecule has 26 heavy (non-hydrogen) atoms. The molecule has 0 amide bonds. The second-order valence-corrected chi connectivity index (χ2v) is 6.55. The Morgan fingerprint density at radius 1 is 1.12 bits per heavy atom. The Bertz CT molecular complexity index is 839. The van der Waals surface area contributed by atoms with E-state index in [9.17, 15) is 5.11 Å². The number of methoxy groups -OCH3 is 2. The summed E-state index contributed by atoms with van der Waals surface area (Å²) in [4.78, 5) is 4.41. The van der Waals surface area contributed by atoms with Crippen molar-refractivity contribution in [3.05, 3.63) is 60.0 Å². The molecule has 0 saturated heterocycles. The Kier molecular flexibility index (Phi) is 6.14. The van der Waals surface area contributed by atoms with E-state index in [1.54, 1.807) is 20.3 Å². The molecule has 0 fully saturated rings. The van der Waals surface area contributed by atoms with Crippen molar-refractivity contribution in [1.82, 2.24) is 10.1 Å². The lowest BCUT2D eigenvalue weighted by molar-refractivity contribution is 0.204. The molecule has 0 aliphatic heterocycles. The highest BCUT2D eigenvalue weighted by molar-refractivity contribution is 7.98. The molecule has 0 saturated carbocycles.